The second-order valence-electron chi connectivity index (χ2n) is 3.74. The lowest BCUT2D eigenvalue weighted by Gasteiger charge is -2.10. The van der Waals surface area contributed by atoms with Crippen molar-refractivity contribution in [1.82, 2.24) is 9.97 Å². The normalized spacial score (nSPS) is 10.2. The van der Waals surface area contributed by atoms with Crippen LogP contribution in [0.4, 0.5) is 0 Å². The lowest BCUT2D eigenvalue weighted by Crippen LogP contribution is -1.95. The Morgan fingerprint density at radius 2 is 2.00 bits per heavy atom. The first kappa shape index (κ1) is 12.5. The van der Waals surface area contributed by atoms with E-state index in [1.807, 2.05) is 13.0 Å². The van der Waals surface area contributed by atoms with Gasteiger partial charge < -0.3 is 4.74 Å². The van der Waals surface area contributed by atoms with Crippen LogP contribution < -0.4 is 4.74 Å². The predicted molar refractivity (Wildman–Crippen MR) is 69.2 cm³/mol. The lowest BCUT2D eigenvalue weighted by atomic mass is 10.0. The van der Waals surface area contributed by atoms with Crippen LogP contribution in [0.15, 0.2) is 24.5 Å². The second-order valence-corrected chi connectivity index (χ2v) is 4.13. The summed E-state index contributed by atoms with van der Waals surface area (Å²) in [5.74, 6) is 0.563. The number of rotatable bonds is 3. The summed E-state index contributed by atoms with van der Waals surface area (Å²) in [6, 6.07) is 3.49. The van der Waals surface area contributed by atoms with Crippen molar-refractivity contribution in [2.45, 2.75) is 6.92 Å². The van der Waals surface area contributed by atoms with E-state index in [9.17, 15) is 4.79 Å². The van der Waals surface area contributed by atoms with E-state index in [1.165, 1.54) is 12.4 Å². The number of carbonyl (C=O) groups excluding carboxylic acids is 1. The van der Waals surface area contributed by atoms with Crippen LogP contribution in [0.3, 0.4) is 0 Å². The number of ether oxygens (including phenoxy) is 1. The number of nitrogens with zero attached hydrogens (tertiary/aromatic N) is 2. The number of aromatic nitrogens is 2. The molecule has 0 aliphatic rings. The van der Waals surface area contributed by atoms with Crippen molar-refractivity contribution in [3.63, 3.8) is 0 Å². The molecule has 0 aliphatic carbocycles. The molecule has 0 aromatic carbocycles. The third-order valence-corrected chi connectivity index (χ3v) is 2.75. The zero-order valence-electron chi connectivity index (χ0n) is 9.98. The molecule has 0 atom stereocenters. The third-order valence-electron chi connectivity index (χ3n) is 2.54. The molecule has 2 heterocycles. The number of aryl methyl sites for hydroxylation is 1. The Labute approximate surface area is 110 Å². The highest BCUT2D eigenvalue weighted by molar-refractivity contribution is 6.29. The van der Waals surface area contributed by atoms with Gasteiger partial charge in [-0.25, -0.2) is 4.98 Å². The summed E-state index contributed by atoms with van der Waals surface area (Å²) < 4.78 is 5.24. The first-order valence-electron chi connectivity index (χ1n) is 5.27. The largest absolute Gasteiger partial charge is 0.494 e. The Bertz CT molecular complexity index is 600. The first-order valence-corrected chi connectivity index (χ1v) is 5.65. The molecule has 2 aromatic heterocycles. The summed E-state index contributed by atoms with van der Waals surface area (Å²) >= 11 is 5.89. The highest BCUT2D eigenvalue weighted by Gasteiger charge is 2.12. The van der Waals surface area contributed by atoms with Crippen LogP contribution in [0, 0.1) is 6.92 Å². The molecule has 2 rings (SSSR count). The molecule has 5 heteroatoms. The number of aldehydes is 1. The summed E-state index contributed by atoms with van der Waals surface area (Å²) in [5, 5.41) is 0.345. The van der Waals surface area contributed by atoms with Gasteiger partial charge in [-0.1, -0.05) is 11.6 Å². The van der Waals surface area contributed by atoms with Crippen molar-refractivity contribution in [2.75, 3.05) is 7.11 Å². The van der Waals surface area contributed by atoms with Gasteiger partial charge in [0, 0.05) is 23.0 Å². The van der Waals surface area contributed by atoms with E-state index in [0.29, 0.717) is 16.5 Å². The average molecular weight is 263 g/mol. The van der Waals surface area contributed by atoms with Crippen LogP contribution in [-0.4, -0.2) is 23.4 Å². The summed E-state index contributed by atoms with van der Waals surface area (Å²) in [6.45, 7) is 1.85. The number of methoxy groups -OCH3 is 1. The Hall–Kier alpha value is -1.94. The highest BCUT2D eigenvalue weighted by atomic mass is 35.5. The quantitative estimate of drug-likeness (QED) is 0.630. The van der Waals surface area contributed by atoms with Gasteiger partial charge in [-0.3, -0.25) is 9.78 Å². The van der Waals surface area contributed by atoms with E-state index in [1.54, 1.807) is 13.2 Å². The van der Waals surface area contributed by atoms with Crippen molar-refractivity contribution in [2.24, 2.45) is 0 Å². The van der Waals surface area contributed by atoms with Gasteiger partial charge in [-0.05, 0) is 24.6 Å². The molecule has 92 valence electrons. The fraction of sp³-hybridized carbons (Fsp3) is 0.154. The number of halogens is 1. The molecule has 0 unspecified atom stereocenters. The van der Waals surface area contributed by atoms with Crippen LogP contribution in [0.5, 0.6) is 5.75 Å². The SMILES string of the molecule is COc1cnc(Cl)cc1-c1cc(C)ncc1C=O. The summed E-state index contributed by atoms with van der Waals surface area (Å²) in [4.78, 5) is 19.1. The Morgan fingerprint density at radius 1 is 1.22 bits per heavy atom. The molecule has 0 bridgehead atoms. The summed E-state index contributed by atoms with van der Waals surface area (Å²) in [6.07, 6.45) is 3.82. The highest BCUT2D eigenvalue weighted by Crippen LogP contribution is 2.33. The molecule has 0 amide bonds. The van der Waals surface area contributed by atoms with Gasteiger partial charge >= 0.3 is 0 Å². The molecule has 18 heavy (non-hydrogen) atoms. The van der Waals surface area contributed by atoms with Crippen LogP contribution in [0.25, 0.3) is 11.1 Å². The molecule has 0 fully saturated rings. The van der Waals surface area contributed by atoms with Crippen LogP contribution in [0.1, 0.15) is 16.1 Å². The minimum Gasteiger partial charge on any atom is -0.494 e. The van der Waals surface area contributed by atoms with Gasteiger partial charge in [0.25, 0.3) is 0 Å². The van der Waals surface area contributed by atoms with Crippen molar-refractivity contribution < 1.29 is 9.53 Å². The van der Waals surface area contributed by atoms with Gasteiger partial charge in [0.1, 0.15) is 10.9 Å². The van der Waals surface area contributed by atoms with Crippen molar-refractivity contribution in [1.29, 1.82) is 0 Å². The van der Waals surface area contributed by atoms with Crippen LogP contribution in [-0.2, 0) is 0 Å². The molecule has 4 nitrogen and oxygen atoms in total. The number of hydrogen-bond acceptors (Lipinski definition) is 4. The third kappa shape index (κ3) is 2.33. The van der Waals surface area contributed by atoms with Gasteiger partial charge in [-0.2, -0.15) is 0 Å². The second kappa shape index (κ2) is 5.14. The monoisotopic (exact) mass is 262 g/mol. The maximum atomic E-state index is 11.1. The van der Waals surface area contributed by atoms with Gasteiger partial charge in [-0.15, -0.1) is 0 Å². The molecule has 0 radical (unpaired) electrons. The molecule has 2 aromatic rings. The van der Waals surface area contributed by atoms with E-state index < -0.39 is 0 Å². The molecule has 0 N–H and O–H groups in total. The van der Waals surface area contributed by atoms with Gasteiger partial charge in [0.15, 0.2) is 6.29 Å². The minimum atomic E-state index is 0.345. The van der Waals surface area contributed by atoms with E-state index >= 15 is 0 Å². The number of carbonyl (C=O) groups is 1. The topological polar surface area (TPSA) is 52.1 Å². The molecular weight excluding hydrogens is 252 g/mol. The molecular formula is C13H11ClN2O2. The Morgan fingerprint density at radius 3 is 2.67 bits per heavy atom. The zero-order valence-corrected chi connectivity index (χ0v) is 10.7. The maximum Gasteiger partial charge on any atom is 0.152 e. The Kier molecular flexibility index (Phi) is 3.58. The maximum absolute atomic E-state index is 11.1. The van der Waals surface area contributed by atoms with Crippen molar-refractivity contribution in [3.8, 4) is 16.9 Å². The standard InChI is InChI=1S/C13H11ClN2O2/c1-8-3-10(9(7-17)5-15-8)11-4-13(14)16-6-12(11)18-2/h3-7H,1-2H3. The van der Waals surface area contributed by atoms with Crippen LogP contribution >= 0.6 is 11.6 Å². The predicted octanol–water partition coefficient (Wildman–Crippen LogP) is 2.93. The van der Waals surface area contributed by atoms with Crippen molar-refractivity contribution in [3.05, 3.63) is 40.9 Å². The van der Waals surface area contributed by atoms with E-state index in [-0.39, 0.29) is 0 Å². The smallest absolute Gasteiger partial charge is 0.152 e. The van der Waals surface area contributed by atoms with Crippen molar-refractivity contribution >= 4 is 17.9 Å². The van der Waals surface area contributed by atoms with Gasteiger partial charge in [0.05, 0.1) is 13.3 Å². The van der Waals surface area contributed by atoms with Gasteiger partial charge in [0.2, 0.25) is 0 Å². The summed E-state index contributed by atoms with van der Waals surface area (Å²) in [5.41, 5.74) is 2.76. The fourth-order valence-electron chi connectivity index (χ4n) is 1.69. The summed E-state index contributed by atoms with van der Waals surface area (Å²) in [7, 11) is 1.54. The Balaban J connectivity index is 2.70. The molecule has 0 saturated carbocycles. The van der Waals surface area contributed by atoms with E-state index in [4.69, 9.17) is 16.3 Å². The van der Waals surface area contributed by atoms with E-state index in [0.717, 1.165) is 23.1 Å². The number of pyridine rings is 2. The first-order chi connectivity index (χ1) is 8.65. The minimum absolute atomic E-state index is 0.345. The molecule has 0 spiro atoms. The van der Waals surface area contributed by atoms with Crippen LogP contribution in [0.2, 0.25) is 5.15 Å². The number of hydrogen-bond donors (Lipinski definition) is 0. The average Bonchev–Trinajstić information content (AvgIpc) is 2.38. The zero-order chi connectivity index (χ0) is 13.1. The van der Waals surface area contributed by atoms with E-state index in [2.05, 4.69) is 9.97 Å². The fourth-order valence-corrected chi connectivity index (χ4v) is 1.85. The molecule has 0 aliphatic heterocycles. The molecule has 0 saturated heterocycles. The lowest BCUT2D eigenvalue weighted by molar-refractivity contribution is 0.112.